The van der Waals surface area contributed by atoms with Crippen LogP contribution in [0.3, 0.4) is 0 Å². The van der Waals surface area contributed by atoms with Crippen molar-refractivity contribution in [3.05, 3.63) is 64.2 Å². The maximum atomic E-state index is 13.3. The molecule has 2 aromatic carbocycles. The molecule has 2 heterocycles. The second-order valence-electron chi connectivity index (χ2n) is 9.54. The predicted molar refractivity (Wildman–Crippen MR) is 131 cm³/mol. The number of amides is 2. The van der Waals surface area contributed by atoms with Gasteiger partial charge in [0.1, 0.15) is 0 Å². The number of Topliss-reactive ketones (excluding diaryl/α,β-unsaturated/α-hetero) is 1. The van der Waals surface area contributed by atoms with E-state index in [1.165, 1.54) is 5.56 Å². The maximum Gasteiger partial charge on any atom is 0.255 e. The molecule has 174 valence electrons. The van der Waals surface area contributed by atoms with Crippen molar-refractivity contribution in [1.82, 2.24) is 4.90 Å². The van der Waals surface area contributed by atoms with E-state index in [2.05, 4.69) is 13.8 Å². The van der Waals surface area contributed by atoms with Gasteiger partial charge in [-0.1, -0.05) is 49.7 Å². The number of nitrogens with zero attached hydrogens (tertiary/aromatic N) is 2. The topological polar surface area (TPSA) is 57.7 Å². The van der Waals surface area contributed by atoms with Crippen LogP contribution in [0.4, 0.5) is 5.69 Å². The number of likely N-dealkylation sites (tertiary alicyclic amines) is 1. The molecule has 5 nitrogen and oxygen atoms in total. The van der Waals surface area contributed by atoms with Crippen LogP contribution in [0.1, 0.15) is 65.8 Å². The Hall–Kier alpha value is -2.66. The zero-order valence-corrected chi connectivity index (χ0v) is 20.1. The lowest BCUT2D eigenvalue weighted by atomic mass is 9.88. The largest absolute Gasteiger partial charge is 0.339 e. The van der Waals surface area contributed by atoms with E-state index >= 15 is 0 Å². The number of carbonyl (C=O) groups excluding carboxylic acids is 3. The van der Waals surface area contributed by atoms with E-state index in [0.717, 1.165) is 18.4 Å². The number of halogens is 1. The molecule has 2 saturated heterocycles. The van der Waals surface area contributed by atoms with Crippen molar-refractivity contribution in [2.24, 2.45) is 11.8 Å². The molecule has 33 heavy (non-hydrogen) atoms. The van der Waals surface area contributed by atoms with Gasteiger partial charge in [-0.3, -0.25) is 14.4 Å². The Bertz CT molecular complexity index is 1040. The van der Waals surface area contributed by atoms with Crippen LogP contribution < -0.4 is 4.90 Å². The molecule has 0 spiro atoms. The summed E-state index contributed by atoms with van der Waals surface area (Å²) in [6, 6.07) is 13.1. The highest BCUT2D eigenvalue weighted by Crippen LogP contribution is 2.31. The standard InChI is InChI=1S/C27H31ClN2O3/c1-18(2)16-19-5-7-20(8-6-19)26(32)21-11-14-29(15-12-21)27(33)23-10-9-22(28)17-24(23)30-13-3-4-25(30)31/h5-10,17-18,21H,3-4,11-16H2,1-2H3. The molecular weight excluding hydrogens is 436 g/mol. The molecule has 2 aliphatic rings. The van der Waals surface area contributed by atoms with E-state index in [1.54, 1.807) is 28.0 Å². The van der Waals surface area contributed by atoms with E-state index in [1.807, 2.05) is 24.3 Å². The van der Waals surface area contributed by atoms with Crippen LogP contribution in [0.15, 0.2) is 42.5 Å². The third-order valence-corrected chi connectivity index (χ3v) is 6.82. The van der Waals surface area contributed by atoms with Crippen molar-refractivity contribution < 1.29 is 14.4 Å². The fourth-order valence-corrected chi connectivity index (χ4v) is 5.01. The second-order valence-corrected chi connectivity index (χ2v) is 9.97. The Labute approximate surface area is 200 Å². The van der Waals surface area contributed by atoms with Crippen molar-refractivity contribution in [3.8, 4) is 0 Å². The molecule has 2 amide bonds. The van der Waals surface area contributed by atoms with Gasteiger partial charge in [-0.05, 0) is 55.4 Å². The number of ketones is 1. The van der Waals surface area contributed by atoms with Gasteiger partial charge >= 0.3 is 0 Å². The Morgan fingerprint density at radius 1 is 1.03 bits per heavy atom. The lowest BCUT2D eigenvalue weighted by Gasteiger charge is -2.32. The molecule has 0 atom stereocenters. The second kappa shape index (κ2) is 10.1. The summed E-state index contributed by atoms with van der Waals surface area (Å²) in [5.41, 5.74) is 3.09. The summed E-state index contributed by atoms with van der Waals surface area (Å²) in [6.07, 6.45) is 3.56. The van der Waals surface area contributed by atoms with Crippen LogP contribution >= 0.6 is 11.6 Å². The zero-order chi connectivity index (χ0) is 23.5. The highest BCUT2D eigenvalue weighted by Gasteiger charge is 2.31. The molecule has 2 aliphatic heterocycles. The summed E-state index contributed by atoms with van der Waals surface area (Å²) in [5.74, 6) is 0.585. The first-order valence-corrected chi connectivity index (χ1v) is 12.2. The van der Waals surface area contributed by atoms with Crippen molar-refractivity contribution in [2.45, 2.75) is 46.0 Å². The Kier molecular flexibility index (Phi) is 7.18. The molecule has 0 N–H and O–H groups in total. The Morgan fingerprint density at radius 2 is 1.73 bits per heavy atom. The van der Waals surface area contributed by atoms with Crippen molar-refractivity contribution >= 4 is 34.9 Å². The minimum Gasteiger partial charge on any atom is -0.339 e. The molecule has 0 unspecified atom stereocenters. The summed E-state index contributed by atoms with van der Waals surface area (Å²) in [7, 11) is 0. The first-order chi connectivity index (χ1) is 15.8. The molecule has 0 aromatic heterocycles. The lowest BCUT2D eigenvalue weighted by molar-refractivity contribution is -0.117. The molecule has 0 radical (unpaired) electrons. The van der Waals surface area contributed by atoms with E-state index in [9.17, 15) is 14.4 Å². The molecule has 0 aliphatic carbocycles. The molecule has 2 fully saturated rings. The lowest BCUT2D eigenvalue weighted by Crippen LogP contribution is -2.41. The van der Waals surface area contributed by atoms with Gasteiger partial charge in [-0.2, -0.15) is 0 Å². The van der Waals surface area contributed by atoms with Crippen LogP contribution in [0.5, 0.6) is 0 Å². The van der Waals surface area contributed by atoms with Crippen molar-refractivity contribution in [1.29, 1.82) is 0 Å². The van der Waals surface area contributed by atoms with Gasteiger partial charge in [0.05, 0.1) is 11.3 Å². The third kappa shape index (κ3) is 5.30. The van der Waals surface area contributed by atoms with Crippen molar-refractivity contribution in [3.63, 3.8) is 0 Å². The fourth-order valence-electron chi connectivity index (χ4n) is 4.84. The van der Waals surface area contributed by atoms with Gasteiger partial charge in [0.25, 0.3) is 5.91 Å². The average molecular weight is 467 g/mol. The van der Waals surface area contributed by atoms with Gasteiger partial charge in [-0.15, -0.1) is 0 Å². The van der Waals surface area contributed by atoms with Crippen LogP contribution in [0.2, 0.25) is 5.02 Å². The number of benzene rings is 2. The Morgan fingerprint density at radius 3 is 2.33 bits per heavy atom. The summed E-state index contributed by atoms with van der Waals surface area (Å²) in [6.45, 7) is 6.02. The number of hydrogen-bond acceptors (Lipinski definition) is 3. The van der Waals surface area contributed by atoms with Gasteiger partial charge in [0.2, 0.25) is 5.91 Å². The highest BCUT2D eigenvalue weighted by molar-refractivity contribution is 6.31. The molecule has 2 aromatic rings. The highest BCUT2D eigenvalue weighted by atomic mass is 35.5. The summed E-state index contributed by atoms with van der Waals surface area (Å²) in [4.78, 5) is 42.1. The number of rotatable bonds is 6. The first kappa shape index (κ1) is 23.5. The molecular formula is C27H31ClN2O3. The van der Waals surface area contributed by atoms with Gasteiger partial charge < -0.3 is 9.80 Å². The first-order valence-electron chi connectivity index (χ1n) is 11.9. The van der Waals surface area contributed by atoms with Gasteiger partial charge in [0.15, 0.2) is 5.78 Å². The summed E-state index contributed by atoms with van der Waals surface area (Å²) < 4.78 is 0. The predicted octanol–water partition coefficient (Wildman–Crippen LogP) is 5.40. The minimum absolute atomic E-state index is 0.0232. The normalized spacial score (nSPS) is 17.2. The number of carbonyl (C=O) groups is 3. The van der Waals surface area contributed by atoms with E-state index in [4.69, 9.17) is 11.6 Å². The monoisotopic (exact) mass is 466 g/mol. The van der Waals surface area contributed by atoms with E-state index in [0.29, 0.717) is 61.1 Å². The average Bonchev–Trinajstić information content (AvgIpc) is 3.24. The van der Waals surface area contributed by atoms with Gasteiger partial charge in [0, 0.05) is 42.6 Å². The molecule has 4 rings (SSSR count). The summed E-state index contributed by atoms with van der Waals surface area (Å²) in [5, 5.41) is 0.505. The molecule has 6 heteroatoms. The molecule has 0 bridgehead atoms. The number of piperidine rings is 1. The third-order valence-electron chi connectivity index (χ3n) is 6.59. The fraction of sp³-hybridized carbons (Fsp3) is 0.444. The zero-order valence-electron chi connectivity index (χ0n) is 19.4. The maximum absolute atomic E-state index is 13.3. The van der Waals surface area contributed by atoms with E-state index in [-0.39, 0.29) is 23.5 Å². The molecule has 0 saturated carbocycles. The minimum atomic E-state index is -0.106. The van der Waals surface area contributed by atoms with Crippen LogP contribution in [-0.4, -0.2) is 42.1 Å². The van der Waals surface area contributed by atoms with Crippen LogP contribution in [0, 0.1) is 11.8 Å². The Balaban J connectivity index is 1.41. The van der Waals surface area contributed by atoms with Crippen LogP contribution in [0.25, 0.3) is 0 Å². The SMILES string of the molecule is CC(C)Cc1ccc(C(=O)C2CCN(C(=O)c3ccc(Cl)cc3N3CCCC3=O)CC2)cc1. The van der Waals surface area contributed by atoms with E-state index < -0.39 is 0 Å². The smallest absolute Gasteiger partial charge is 0.255 e. The quantitative estimate of drug-likeness (QED) is 0.535. The number of anilines is 1. The number of hydrogen-bond donors (Lipinski definition) is 0. The summed E-state index contributed by atoms with van der Waals surface area (Å²) >= 11 is 6.18. The van der Waals surface area contributed by atoms with Crippen LogP contribution in [-0.2, 0) is 11.2 Å². The van der Waals surface area contributed by atoms with Crippen molar-refractivity contribution in [2.75, 3.05) is 24.5 Å². The van der Waals surface area contributed by atoms with Gasteiger partial charge in [-0.25, -0.2) is 0 Å².